The van der Waals surface area contributed by atoms with Crippen LogP contribution in [0.5, 0.6) is 0 Å². The van der Waals surface area contributed by atoms with E-state index in [2.05, 4.69) is 22.6 Å². The van der Waals surface area contributed by atoms with Crippen molar-refractivity contribution in [3.63, 3.8) is 0 Å². The average molecular weight is 331 g/mol. The Morgan fingerprint density at radius 3 is 2.78 bits per heavy atom. The summed E-state index contributed by atoms with van der Waals surface area (Å²) in [6, 6.07) is 6.00. The summed E-state index contributed by atoms with van der Waals surface area (Å²) in [4.78, 5) is 15.7. The Kier molecular flexibility index (Phi) is 3.84. The van der Waals surface area contributed by atoms with Crippen molar-refractivity contribution in [2.24, 2.45) is 5.92 Å². The van der Waals surface area contributed by atoms with Crippen molar-refractivity contribution in [1.82, 2.24) is 10.3 Å². The zero-order valence-corrected chi connectivity index (χ0v) is 14.1. The maximum Gasteiger partial charge on any atom is 0.223 e. The number of hydrogen-bond donors (Lipinski definition) is 2. The van der Waals surface area contributed by atoms with Gasteiger partial charge < -0.3 is 10.3 Å². The molecule has 0 radical (unpaired) electrons. The minimum absolute atomic E-state index is 0.121. The van der Waals surface area contributed by atoms with Gasteiger partial charge in [0.1, 0.15) is 0 Å². The largest absolute Gasteiger partial charge is 0.361 e. The molecule has 122 valence electrons. The summed E-state index contributed by atoms with van der Waals surface area (Å²) >= 11 is 6.07. The fourth-order valence-corrected chi connectivity index (χ4v) is 4.17. The normalized spacial score (nSPS) is 20.6. The second kappa shape index (κ2) is 5.86. The summed E-state index contributed by atoms with van der Waals surface area (Å²) in [5.41, 5.74) is 2.53. The van der Waals surface area contributed by atoms with E-state index in [0.717, 1.165) is 42.8 Å². The molecule has 0 bridgehead atoms. The second-order valence-corrected chi connectivity index (χ2v) is 7.66. The molecular weight excluding hydrogens is 308 g/mol. The van der Waals surface area contributed by atoms with Crippen LogP contribution in [0.2, 0.25) is 5.02 Å². The van der Waals surface area contributed by atoms with Gasteiger partial charge in [0.25, 0.3) is 0 Å². The molecule has 0 aliphatic heterocycles. The number of H-pyrrole nitrogens is 1. The first kappa shape index (κ1) is 15.1. The van der Waals surface area contributed by atoms with Crippen molar-refractivity contribution in [3.8, 4) is 0 Å². The lowest BCUT2D eigenvalue weighted by Crippen LogP contribution is -2.37. The van der Waals surface area contributed by atoms with Crippen LogP contribution in [0.15, 0.2) is 24.4 Å². The summed E-state index contributed by atoms with van der Waals surface area (Å²) < 4.78 is 0. The number of fused-ring (bicyclic) bond motifs is 1. The van der Waals surface area contributed by atoms with Gasteiger partial charge in [-0.1, -0.05) is 36.9 Å². The topological polar surface area (TPSA) is 44.9 Å². The van der Waals surface area contributed by atoms with Gasteiger partial charge in [-0.3, -0.25) is 4.79 Å². The van der Waals surface area contributed by atoms with Crippen molar-refractivity contribution in [1.29, 1.82) is 0 Å². The highest BCUT2D eigenvalue weighted by Gasteiger charge is 2.46. The van der Waals surface area contributed by atoms with Gasteiger partial charge in [0.15, 0.2) is 0 Å². The molecule has 0 spiro atoms. The first-order valence-corrected chi connectivity index (χ1v) is 9.11. The zero-order valence-electron chi connectivity index (χ0n) is 13.3. The monoisotopic (exact) mass is 330 g/mol. The van der Waals surface area contributed by atoms with Crippen LogP contribution in [0, 0.1) is 5.92 Å². The molecule has 4 rings (SSSR count). The number of aromatic nitrogens is 1. The predicted octanol–water partition coefficient (Wildman–Crippen LogP) is 4.55. The molecule has 4 heteroatoms. The number of benzene rings is 1. The summed E-state index contributed by atoms with van der Waals surface area (Å²) in [5.74, 6) is 0.500. The lowest BCUT2D eigenvalue weighted by Gasteiger charge is -2.23. The maximum atomic E-state index is 12.4. The number of aromatic amines is 1. The summed E-state index contributed by atoms with van der Waals surface area (Å²) in [6.07, 6.45) is 10.2. The molecule has 3 nitrogen and oxygen atoms in total. The quantitative estimate of drug-likeness (QED) is 0.848. The summed E-state index contributed by atoms with van der Waals surface area (Å²) in [6.45, 7) is 0.762. The van der Waals surface area contributed by atoms with Gasteiger partial charge in [0.05, 0.1) is 0 Å². The van der Waals surface area contributed by atoms with Crippen molar-refractivity contribution >= 4 is 28.4 Å². The van der Waals surface area contributed by atoms with Crippen LogP contribution in [-0.4, -0.2) is 17.4 Å². The van der Waals surface area contributed by atoms with Gasteiger partial charge in [-0.2, -0.15) is 0 Å². The summed E-state index contributed by atoms with van der Waals surface area (Å²) in [5, 5.41) is 5.23. The molecule has 2 aromatic rings. The van der Waals surface area contributed by atoms with E-state index in [9.17, 15) is 4.79 Å². The minimum atomic E-state index is 0.121. The van der Waals surface area contributed by atoms with E-state index < -0.39 is 0 Å². The Balaban J connectivity index is 1.48. The number of halogens is 1. The number of hydrogen-bond acceptors (Lipinski definition) is 1. The van der Waals surface area contributed by atoms with Crippen LogP contribution < -0.4 is 5.32 Å². The molecule has 1 heterocycles. The Morgan fingerprint density at radius 1 is 1.26 bits per heavy atom. The summed E-state index contributed by atoms with van der Waals surface area (Å²) in [7, 11) is 0. The Labute approximate surface area is 141 Å². The average Bonchev–Trinajstić information content (AvgIpc) is 3.25. The highest BCUT2D eigenvalue weighted by molar-refractivity contribution is 6.31. The van der Waals surface area contributed by atoms with E-state index in [-0.39, 0.29) is 17.2 Å². The van der Waals surface area contributed by atoms with Crippen molar-refractivity contribution in [2.75, 3.05) is 6.54 Å². The van der Waals surface area contributed by atoms with Crippen molar-refractivity contribution < 1.29 is 4.79 Å². The van der Waals surface area contributed by atoms with Crippen LogP contribution in [-0.2, 0) is 10.2 Å². The van der Waals surface area contributed by atoms with Crippen LogP contribution >= 0.6 is 11.6 Å². The van der Waals surface area contributed by atoms with Gasteiger partial charge in [0.2, 0.25) is 5.91 Å². The first-order chi connectivity index (χ1) is 11.2. The molecule has 1 aromatic carbocycles. The Morgan fingerprint density at radius 2 is 2.04 bits per heavy atom. The second-order valence-electron chi connectivity index (χ2n) is 7.23. The molecule has 23 heavy (non-hydrogen) atoms. The van der Waals surface area contributed by atoms with Crippen LogP contribution in [0.3, 0.4) is 0 Å². The molecular formula is C19H23ClN2O. The molecule has 2 N–H and O–H groups in total. The fraction of sp³-hybridized carbons (Fsp3) is 0.526. The molecule has 0 atom stereocenters. The predicted molar refractivity (Wildman–Crippen MR) is 93.8 cm³/mol. The van der Waals surface area contributed by atoms with Gasteiger partial charge >= 0.3 is 0 Å². The number of rotatable bonds is 4. The molecule has 2 fully saturated rings. The van der Waals surface area contributed by atoms with Crippen LogP contribution in [0.25, 0.3) is 10.9 Å². The van der Waals surface area contributed by atoms with E-state index >= 15 is 0 Å². The Bertz CT molecular complexity index is 726. The van der Waals surface area contributed by atoms with Crippen LogP contribution in [0.1, 0.15) is 50.5 Å². The highest BCUT2D eigenvalue weighted by Crippen LogP contribution is 2.50. The zero-order chi connectivity index (χ0) is 15.9. The van der Waals surface area contributed by atoms with Gasteiger partial charge in [-0.15, -0.1) is 0 Å². The third-order valence-electron chi connectivity index (χ3n) is 5.65. The number of carbonyl (C=O) groups excluding carboxylic acids is 1. The van der Waals surface area contributed by atoms with Gasteiger partial charge in [0, 0.05) is 40.0 Å². The van der Waals surface area contributed by atoms with E-state index in [4.69, 9.17) is 11.6 Å². The molecule has 2 aliphatic rings. The van der Waals surface area contributed by atoms with E-state index in [1.54, 1.807) is 0 Å². The van der Waals surface area contributed by atoms with Crippen molar-refractivity contribution in [3.05, 3.63) is 35.0 Å². The third kappa shape index (κ3) is 2.87. The lowest BCUT2D eigenvalue weighted by molar-refractivity contribution is -0.126. The van der Waals surface area contributed by atoms with E-state index in [0.29, 0.717) is 0 Å². The highest BCUT2D eigenvalue weighted by atomic mass is 35.5. The van der Waals surface area contributed by atoms with Crippen LogP contribution in [0.4, 0.5) is 0 Å². The SMILES string of the molecule is O=C(NCC1(c2c[nH]c3cc(Cl)ccc23)CC1)C1CCCCC1. The fourth-order valence-electron chi connectivity index (χ4n) is 3.99. The van der Waals surface area contributed by atoms with Gasteiger partial charge in [-0.05, 0) is 43.4 Å². The third-order valence-corrected chi connectivity index (χ3v) is 5.88. The number of amides is 1. The molecule has 1 amide bonds. The molecule has 2 aliphatic carbocycles. The Hall–Kier alpha value is -1.48. The molecule has 0 saturated heterocycles. The van der Waals surface area contributed by atoms with Crippen molar-refractivity contribution in [2.45, 2.75) is 50.4 Å². The standard InChI is InChI=1S/C19H23ClN2O/c20-14-6-7-15-16(11-21-17(15)10-14)19(8-9-19)12-22-18(23)13-4-2-1-3-5-13/h6-7,10-11,13,21H,1-5,8-9,12H2,(H,22,23). The lowest BCUT2D eigenvalue weighted by atomic mass is 9.88. The maximum absolute atomic E-state index is 12.4. The smallest absolute Gasteiger partial charge is 0.223 e. The van der Waals surface area contributed by atoms with E-state index in [1.165, 1.54) is 30.2 Å². The minimum Gasteiger partial charge on any atom is -0.361 e. The number of carbonyl (C=O) groups is 1. The first-order valence-electron chi connectivity index (χ1n) is 8.73. The molecule has 1 aromatic heterocycles. The van der Waals surface area contributed by atoms with Gasteiger partial charge in [-0.25, -0.2) is 0 Å². The molecule has 2 saturated carbocycles. The number of nitrogens with one attached hydrogen (secondary N) is 2. The molecule has 0 unspecified atom stereocenters. The van der Waals surface area contributed by atoms with E-state index in [1.807, 2.05) is 12.1 Å².